The van der Waals surface area contributed by atoms with Crippen LogP contribution in [0.5, 0.6) is 0 Å². The topological polar surface area (TPSA) is 42.0 Å². The predicted molar refractivity (Wildman–Crippen MR) is 82.3 cm³/mol. The number of nitrogens with one attached hydrogen (secondary N) is 1. The van der Waals surface area contributed by atoms with Gasteiger partial charge in [-0.05, 0) is 48.3 Å². The van der Waals surface area contributed by atoms with E-state index < -0.39 is 11.7 Å². The van der Waals surface area contributed by atoms with E-state index in [0.717, 1.165) is 4.90 Å². The van der Waals surface area contributed by atoms with Crippen molar-refractivity contribution in [2.75, 3.05) is 11.6 Å². The molecule has 1 aromatic heterocycles. The van der Waals surface area contributed by atoms with Gasteiger partial charge in [0.1, 0.15) is 5.03 Å². The number of rotatable bonds is 5. The van der Waals surface area contributed by atoms with Crippen molar-refractivity contribution in [2.45, 2.75) is 15.7 Å². The molecule has 1 heterocycles. The van der Waals surface area contributed by atoms with E-state index in [-0.39, 0.29) is 22.4 Å². The van der Waals surface area contributed by atoms with Crippen molar-refractivity contribution in [2.24, 2.45) is 0 Å². The number of carbonyl (C=O) groups is 1. The minimum absolute atomic E-state index is 0.0195. The van der Waals surface area contributed by atoms with Crippen LogP contribution in [0.3, 0.4) is 0 Å². The van der Waals surface area contributed by atoms with Crippen LogP contribution in [0.2, 0.25) is 0 Å². The molecule has 3 nitrogen and oxygen atoms in total. The lowest BCUT2D eigenvalue weighted by molar-refractivity contribution is 0.102. The molecule has 0 aliphatic rings. The zero-order valence-electron chi connectivity index (χ0n) is 11.0. The Morgan fingerprint density at radius 3 is 2.81 bits per heavy atom. The lowest BCUT2D eigenvalue weighted by Crippen LogP contribution is -2.13. The Balaban J connectivity index is 2.20. The molecule has 0 saturated carbocycles. The monoisotopic (exact) mass is 326 g/mol. The summed E-state index contributed by atoms with van der Waals surface area (Å²) in [7, 11) is 0. The second-order valence-electron chi connectivity index (χ2n) is 3.92. The maximum Gasteiger partial charge on any atom is 0.290 e. The van der Waals surface area contributed by atoms with Gasteiger partial charge in [-0.15, -0.1) is 11.8 Å². The second kappa shape index (κ2) is 7.42. The number of hydrogen-bond donors (Lipinski definition) is 1. The van der Waals surface area contributed by atoms with Gasteiger partial charge in [0.15, 0.2) is 0 Å². The third kappa shape index (κ3) is 4.44. The number of aromatic nitrogens is 1. The Labute approximate surface area is 129 Å². The molecule has 21 heavy (non-hydrogen) atoms. The van der Waals surface area contributed by atoms with Crippen LogP contribution >= 0.6 is 23.5 Å². The van der Waals surface area contributed by atoms with E-state index in [0.29, 0.717) is 5.69 Å². The fourth-order valence-corrected chi connectivity index (χ4v) is 2.68. The quantitative estimate of drug-likeness (QED) is 0.829. The minimum atomic E-state index is -2.62. The first-order valence-corrected chi connectivity index (χ1v) is 8.06. The van der Waals surface area contributed by atoms with Crippen molar-refractivity contribution >= 4 is 35.1 Å². The van der Waals surface area contributed by atoms with Gasteiger partial charge in [0.25, 0.3) is 11.7 Å². The first kappa shape index (κ1) is 15.8. The van der Waals surface area contributed by atoms with Gasteiger partial charge in [0.05, 0.1) is 5.56 Å². The maximum atomic E-state index is 12.5. The van der Waals surface area contributed by atoms with Crippen LogP contribution in [-0.4, -0.2) is 22.9 Å². The van der Waals surface area contributed by atoms with E-state index in [9.17, 15) is 13.6 Å². The van der Waals surface area contributed by atoms with Crippen LogP contribution < -0.4 is 5.32 Å². The molecule has 0 aliphatic heterocycles. The van der Waals surface area contributed by atoms with Crippen molar-refractivity contribution in [3.63, 3.8) is 0 Å². The zero-order valence-corrected chi connectivity index (χ0v) is 12.7. The summed E-state index contributed by atoms with van der Waals surface area (Å²) < 4.78 is 25.0. The summed E-state index contributed by atoms with van der Waals surface area (Å²) in [6.45, 7) is 0. The van der Waals surface area contributed by atoms with Crippen LogP contribution in [0.25, 0.3) is 0 Å². The highest BCUT2D eigenvalue weighted by Gasteiger charge is 2.16. The Bertz CT molecular complexity index is 638. The van der Waals surface area contributed by atoms with Crippen molar-refractivity contribution in [1.29, 1.82) is 0 Å². The van der Waals surface area contributed by atoms with E-state index in [4.69, 9.17) is 0 Å². The number of nitrogens with zero attached hydrogens (tertiary/aromatic N) is 1. The number of alkyl halides is 2. The van der Waals surface area contributed by atoms with Gasteiger partial charge in [-0.2, -0.15) is 8.78 Å². The van der Waals surface area contributed by atoms with Gasteiger partial charge in [0, 0.05) is 16.8 Å². The van der Waals surface area contributed by atoms with Gasteiger partial charge in [-0.1, -0.05) is 6.07 Å². The summed E-state index contributed by atoms with van der Waals surface area (Å²) in [5.41, 5.74) is 0.751. The van der Waals surface area contributed by atoms with Crippen molar-refractivity contribution in [1.82, 2.24) is 4.98 Å². The molecule has 0 fully saturated rings. The average molecular weight is 326 g/mol. The molecule has 1 aromatic carbocycles. The summed E-state index contributed by atoms with van der Waals surface area (Å²) in [6.07, 6.45) is 3.31. The number of thioether (sulfide) groups is 2. The molecule has 0 unspecified atom stereocenters. The molecule has 1 amide bonds. The number of hydrogen-bond acceptors (Lipinski definition) is 4. The lowest BCUT2D eigenvalue weighted by atomic mass is 10.2. The Morgan fingerprint density at radius 1 is 1.29 bits per heavy atom. The second-order valence-corrected chi connectivity index (χ2v) is 5.78. The summed E-state index contributed by atoms with van der Waals surface area (Å²) in [5, 5.41) is 2.72. The number of amides is 1. The fraction of sp³-hybridized carbons (Fsp3) is 0.143. The summed E-state index contributed by atoms with van der Waals surface area (Å²) in [4.78, 5) is 17.0. The van der Waals surface area contributed by atoms with E-state index >= 15 is 0 Å². The van der Waals surface area contributed by atoms with Crippen LogP contribution in [-0.2, 0) is 0 Å². The summed E-state index contributed by atoms with van der Waals surface area (Å²) in [5.74, 6) is -3.07. The maximum absolute atomic E-state index is 12.5. The lowest BCUT2D eigenvalue weighted by Gasteiger charge is -2.09. The highest BCUT2D eigenvalue weighted by Crippen LogP contribution is 2.27. The predicted octanol–water partition coefficient (Wildman–Crippen LogP) is 4.37. The first-order chi connectivity index (χ1) is 10.1. The van der Waals surface area contributed by atoms with Crippen LogP contribution in [0, 0.1) is 0 Å². The number of anilines is 1. The largest absolute Gasteiger partial charge is 0.322 e. The number of pyridine rings is 1. The highest BCUT2D eigenvalue weighted by atomic mass is 32.2. The number of halogens is 2. The first-order valence-electron chi connectivity index (χ1n) is 5.95. The molecule has 0 saturated heterocycles. The van der Waals surface area contributed by atoms with E-state index in [2.05, 4.69) is 10.3 Å². The Hall–Kier alpha value is -1.60. The molecule has 110 valence electrons. The summed E-state index contributed by atoms with van der Waals surface area (Å²) in [6, 6.07) is 10.3. The van der Waals surface area contributed by atoms with Crippen LogP contribution in [0.1, 0.15) is 10.4 Å². The third-order valence-electron chi connectivity index (χ3n) is 2.54. The fourth-order valence-electron chi connectivity index (χ4n) is 1.64. The van der Waals surface area contributed by atoms with Crippen molar-refractivity contribution < 1.29 is 13.6 Å². The van der Waals surface area contributed by atoms with Gasteiger partial charge >= 0.3 is 0 Å². The Kier molecular flexibility index (Phi) is 5.58. The van der Waals surface area contributed by atoms with Crippen molar-refractivity contribution in [3.8, 4) is 0 Å². The Morgan fingerprint density at radius 2 is 2.10 bits per heavy atom. The molecule has 7 heteroatoms. The minimum Gasteiger partial charge on any atom is -0.322 e. The zero-order chi connectivity index (χ0) is 15.2. The van der Waals surface area contributed by atoms with Crippen molar-refractivity contribution in [3.05, 3.63) is 48.2 Å². The van der Waals surface area contributed by atoms with Gasteiger partial charge < -0.3 is 5.32 Å². The molecule has 0 radical (unpaired) electrons. The van der Waals surface area contributed by atoms with E-state index in [1.807, 2.05) is 24.5 Å². The number of carbonyl (C=O) groups excluding carboxylic acids is 1. The molecule has 2 aromatic rings. The molecule has 1 N–H and O–H groups in total. The highest BCUT2D eigenvalue weighted by molar-refractivity contribution is 7.99. The van der Waals surface area contributed by atoms with Gasteiger partial charge in [-0.3, -0.25) is 4.79 Å². The molecule has 0 atom stereocenters. The molecular weight excluding hydrogens is 314 g/mol. The van der Waals surface area contributed by atoms with E-state index in [1.54, 1.807) is 23.9 Å². The standard InChI is InChI=1S/C14H12F2N2OS2/c1-20-10-5-2-4-9(8-10)18-12(19)11-6-3-7-17-13(11)21-14(15)16/h2-8,14H,1H3,(H,18,19). The molecule has 0 bridgehead atoms. The summed E-state index contributed by atoms with van der Waals surface area (Å²) >= 11 is 1.81. The van der Waals surface area contributed by atoms with Gasteiger partial charge in [0.2, 0.25) is 0 Å². The molecule has 2 rings (SSSR count). The van der Waals surface area contributed by atoms with Crippen LogP contribution in [0.15, 0.2) is 52.5 Å². The number of benzene rings is 1. The average Bonchev–Trinajstić information content (AvgIpc) is 2.47. The SMILES string of the molecule is CSc1cccc(NC(=O)c2cccnc2SC(F)F)c1. The molecule has 0 spiro atoms. The van der Waals surface area contributed by atoms with Gasteiger partial charge in [-0.25, -0.2) is 4.98 Å². The third-order valence-corrected chi connectivity index (χ3v) is 4.00. The molecular formula is C14H12F2N2OS2. The smallest absolute Gasteiger partial charge is 0.290 e. The van der Waals surface area contributed by atoms with E-state index in [1.165, 1.54) is 12.3 Å². The van der Waals surface area contributed by atoms with Crippen LogP contribution in [0.4, 0.5) is 14.5 Å². The molecule has 0 aliphatic carbocycles. The normalized spacial score (nSPS) is 10.7.